The predicted molar refractivity (Wildman–Crippen MR) is 126 cm³/mol. The second kappa shape index (κ2) is 10.6. The minimum absolute atomic E-state index is 0.0644. The molecule has 2 amide bonds. The van der Waals surface area contributed by atoms with Crippen LogP contribution in [0.1, 0.15) is 15.9 Å². The highest BCUT2D eigenvalue weighted by molar-refractivity contribution is 5.96. The van der Waals surface area contributed by atoms with Crippen LogP contribution in [0.15, 0.2) is 78.9 Å². The second-order valence-electron chi connectivity index (χ2n) is 7.67. The first-order valence-corrected chi connectivity index (χ1v) is 10.8. The van der Waals surface area contributed by atoms with Gasteiger partial charge in [-0.25, -0.2) is 0 Å². The summed E-state index contributed by atoms with van der Waals surface area (Å²) in [6.45, 7) is 3.64. The molecule has 0 aromatic heterocycles. The Morgan fingerprint density at radius 1 is 0.781 bits per heavy atom. The zero-order valence-corrected chi connectivity index (χ0v) is 17.9. The molecule has 0 saturated carbocycles. The Balaban J connectivity index is 1.22. The van der Waals surface area contributed by atoms with E-state index in [-0.39, 0.29) is 18.4 Å². The van der Waals surface area contributed by atoms with Gasteiger partial charge in [-0.2, -0.15) is 0 Å². The maximum absolute atomic E-state index is 12.4. The summed E-state index contributed by atoms with van der Waals surface area (Å²) in [5, 5.41) is 5.52. The van der Waals surface area contributed by atoms with E-state index in [9.17, 15) is 9.59 Å². The van der Waals surface area contributed by atoms with E-state index < -0.39 is 0 Å². The lowest BCUT2D eigenvalue weighted by Gasteiger charge is -2.28. The Hall–Kier alpha value is -3.64. The maximum atomic E-state index is 12.4. The molecule has 0 bridgehead atoms. The predicted octanol–water partition coefficient (Wildman–Crippen LogP) is 3.24. The number of amides is 2. The van der Waals surface area contributed by atoms with Crippen molar-refractivity contribution in [3.63, 3.8) is 0 Å². The van der Waals surface area contributed by atoms with Crippen LogP contribution in [0.3, 0.4) is 0 Å². The SMILES string of the molecule is O=C(CNC(=O)c1ccc(-c2ccccc2)cc1)NCc1ccc(N2CCOCC2)cc1. The number of nitrogens with one attached hydrogen (secondary N) is 2. The Morgan fingerprint density at radius 2 is 1.44 bits per heavy atom. The summed E-state index contributed by atoms with van der Waals surface area (Å²) in [6, 6.07) is 25.5. The van der Waals surface area contributed by atoms with Crippen molar-refractivity contribution in [3.05, 3.63) is 90.0 Å². The van der Waals surface area contributed by atoms with Gasteiger partial charge < -0.3 is 20.3 Å². The quantitative estimate of drug-likeness (QED) is 0.605. The van der Waals surface area contributed by atoms with Gasteiger partial charge in [-0.3, -0.25) is 9.59 Å². The molecule has 3 aromatic carbocycles. The third-order valence-electron chi connectivity index (χ3n) is 5.47. The van der Waals surface area contributed by atoms with Crippen molar-refractivity contribution in [2.75, 3.05) is 37.7 Å². The van der Waals surface area contributed by atoms with Crippen molar-refractivity contribution in [3.8, 4) is 11.1 Å². The van der Waals surface area contributed by atoms with Crippen LogP contribution in [0, 0.1) is 0 Å². The lowest BCUT2D eigenvalue weighted by atomic mass is 10.0. The number of benzene rings is 3. The highest BCUT2D eigenvalue weighted by atomic mass is 16.5. The molecular formula is C26H27N3O3. The molecule has 0 radical (unpaired) electrons. The summed E-state index contributed by atoms with van der Waals surface area (Å²) in [4.78, 5) is 26.8. The van der Waals surface area contributed by atoms with E-state index in [0.717, 1.165) is 48.7 Å². The summed E-state index contributed by atoms with van der Waals surface area (Å²) in [5.74, 6) is -0.494. The van der Waals surface area contributed by atoms with E-state index >= 15 is 0 Å². The van der Waals surface area contributed by atoms with Gasteiger partial charge in [0.15, 0.2) is 0 Å². The summed E-state index contributed by atoms with van der Waals surface area (Å²) in [6.07, 6.45) is 0. The number of hydrogen-bond acceptors (Lipinski definition) is 4. The first-order chi connectivity index (χ1) is 15.7. The number of nitrogens with zero attached hydrogens (tertiary/aromatic N) is 1. The van der Waals surface area contributed by atoms with Crippen molar-refractivity contribution in [1.29, 1.82) is 0 Å². The Bertz CT molecular complexity index is 1030. The molecule has 32 heavy (non-hydrogen) atoms. The van der Waals surface area contributed by atoms with E-state index in [1.54, 1.807) is 12.1 Å². The summed E-state index contributed by atoms with van der Waals surface area (Å²) >= 11 is 0. The average molecular weight is 430 g/mol. The van der Waals surface area contributed by atoms with E-state index in [0.29, 0.717) is 12.1 Å². The normalized spacial score (nSPS) is 13.4. The minimum Gasteiger partial charge on any atom is -0.378 e. The smallest absolute Gasteiger partial charge is 0.251 e. The molecule has 1 heterocycles. The fraction of sp³-hybridized carbons (Fsp3) is 0.231. The van der Waals surface area contributed by atoms with Gasteiger partial charge in [0, 0.05) is 30.9 Å². The molecule has 0 aliphatic carbocycles. The van der Waals surface area contributed by atoms with Gasteiger partial charge >= 0.3 is 0 Å². The van der Waals surface area contributed by atoms with E-state index in [2.05, 4.69) is 27.7 Å². The first kappa shape index (κ1) is 21.6. The van der Waals surface area contributed by atoms with Gasteiger partial charge in [0.05, 0.1) is 19.8 Å². The molecule has 4 rings (SSSR count). The molecule has 2 N–H and O–H groups in total. The summed E-state index contributed by atoms with van der Waals surface area (Å²) in [5.41, 5.74) is 4.83. The summed E-state index contributed by atoms with van der Waals surface area (Å²) in [7, 11) is 0. The third-order valence-corrected chi connectivity index (χ3v) is 5.47. The van der Waals surface area contributed by atoms with Crippen molar-refractivity contribution >= 4 is 17.5 Å². The van der Waals surface area contributed by atoms with Crippen LogP contribution in [-0.2, 0) is 16.1 Å². The molecule has 1 fully saturated rings. The first-order valence-electron chi connectivity index (χ1n) is 10.8. The molecular weight excluding hydrogens is 402 g/mol. The molecule has 0 unspecified atom stereocenters. The number of carbonyl (C=O) groups excluding carboxylic acids is 2. The molecule has 1 aliphatic heterocycles. The zero-order chi connectivity index (χ0) is 22.2. The lowest BCUT2D eigenvalue weighted by molar-refractivity contribution is -0.120. The lowest BCUT2D eigenvalue weighted by Crippen LogP contribution is -2.36. The van der Waals surface area contributed by atoms with E-state index in [1.807, 2.05) is 54.6 Å². The van der Waals surface area contributed by atoms with Crippen LogP contribution in [0.25, 0.3) is 11.1 Å². The Morgan fingerprint density at radius 3 is 2.12 bits per heavy atom. The van der Waals surface area contributed by atoms with Crippen molar-refractivity contribution in [2.45, 2.75) is 6.54 Å². The number of carbonyl (C=O) groups is 2. The number of rotatable bonds is 7. The van der Waals surface area contributed by atoms with Gasteiger partial charge in [0.1, 0.15) is 0 Å². The van der Waals surface area contributed by atoms with Crippen LogP contribution >= 0.6 is 0 Å². The standard InChI is InChI=1S/C26H27N3O3/c30-25(27-18-20-6-12-24(13-7-20)29-14-16-32-17-15-29)19-28-26(31)23-10-8-22(9-11-23)21-4-2-1-3-5-21/h1-13H,14-19H2,(H,27,30)(H,28,31). The molecule has 0 spiro atoms. The van der Waals surface area contributed by atoms with Crippen LogP contribution in [0.2, 0.25) is 0 Å². The van der Waals surface area contributed by atoms with Gasteiger partial charge in [-0.05, 0) is 41.0 Å². The molecule has 164 valence electrons. The molecule has 3 aromatic rings. The molecule has 6 nitrogen and oxygen atoms in total. The number of ether oxygens (including phenoxy) is 1. The van der Waals surface area contributed by atoms with Gasteiger partial charge in [0.2, 0.25) is 5.91 Å². The van der Waals surface area contributed by atoms with Crippen LogP contribution < -0.4 is 15.5 Å². The fourth-order valence-corrected chi connectivity index (χ4v) is 3.62. The van der Waals surface area contributed by atoms with E-state index in [4.69, 9.17) is 4.74 Å². The van der Waals surface area contributed by atoms with Crippen LogP contribution in [0.5, 0.6) is 0 Å². The van der Waals surface area contributed by atoms with E-state index in [1.165, 1.54) is 0 Å². The maximum Gasteiger partial charge on any atom is 0.251 e. The molecule has 6 heteroatoms. The van der Waals surface area contributed by atoms with Crippen LogP contribution in [-0.4, -0.2) is 44.7 Å². The minimum atomic E-state index is -0.269. The largest absolute Gasteiger partial charge is 0.378 e. The van der Waals surface area contributed by atoms with Gasteiger partial charge in [-0.15, -0.1) is 0 Å². The van der Waals surface area contributed by atoms with Crippen LogP contribution in [0.4, 0.5) is 5.69 Å². The second-order valence-corrected chi connectivity index (χ2v) is 7.67. The Kier molecular flexibility index (Phi) is 7.15. The third kappa shape index (κ3) is 5.74. The molecule has 0 atom stereocenters. The Labute approximate surface area is 188 Å². The van der Waals surface area contributed by atoms with Gasteiger partial charge in [0.25, 0.3) is 5.91 Å². The van der Waals surface area contributed by atoms with Crippen molar-refractivity contribution in [1.82, 2.24) is 10.6 Å². The highest BCUT2D eigenvalue weighted by Gasteiger charge is 2.11. The zero-order valence-electron chi connectivity index (χ0n) is 17.9. The van der Waals surface area contributed by atoms with Gasteiger partial charge in [-0.1, -0.05) is 54.6 Å². The van der Waals surface area contributed by atoms with Crippen molar-refractivity contribution < 1.29 is 14.3 Å². The number of anilines is 1. The number of morpholine rings is 1. The molecule has 1 saturated heterocycles. The summed E-state index contributed by atoms with van der Waals surface area (Å²) < 4.78 is 5.38. The monoisotopic (exact) mass is 429 g/mol. The average Bonchev–Trinajstić information content (AvgIpc) is 2.87. The van der Waals surface area contributed by atoms with Crippen molar-refractivity contribution in [2.24, 2.45) is 0 Å². The fourth-order valence-electron chi connectivity index (χ4n) is 3.62. The topological polar surface area (TPSA) is 70.7 Å². The number of hydrogen-bond donors (Lipinski definition) is 2. The highest BCUT2D eigenvalue weighted by Crippen LogP contribution is 2.19. The molecule has 1 aliphatic rings.